The SMILES string of the molecule is CN=C(NCCCCN1CCOCC1)N1CCC(C)(C)C1.I. The van der Waals surface area contributed by atoms with Crippen LogP contribution < -0.4 is 5.32 Å². The van der Waals surface area contributed by atoms with Gasteiger partial charge in [-0.3, -0.25) is 9.89 Å². The van der Waals surface area contributed by atoms with E-state index >= 15 is 0 Å². The molecule has 1 N–H and O–H groups in total. The molecule has 2 aliphatic rings. The smallest absolute Gasteiger partial charge is 0.193 e. The molecule has 2 saturated heterocycles. The fraction of sp³-hybridized carbons (Fsp3) is 0.938. The van der Waals surface area contributed by atoms with Gasteiger partial charge in [-0.15, -0.1) is 24.0 Å². The zero-order valence-electron chi connectivity index (χ0n) is 14.4. The molecule has 0 spiro atoms. The van der Waals surface area contributed by atoms with Crippen molar-refractivity contribution in [3.05, 3.63) is 0 Å². The van der Waals surface area contributed by atoms with Crippen molar-refractivity contribution in [2.75, 3.05) is 59.5 Å². The maximum absolute atomic E-state index is 5.37. The minimum absolute atomic E-state index is 0. The van der Waals surface area contributed by atoms with Crippen molar-refractivity contribution in [2.45, 2.75) is 33.1 Å². The Labute approximate surface area is 152 Å². The Hall–Kier alpha value is -0.0800. The molecule has 0 atom stereocenters. The second kappa shape index (κ2) is 9.93. The summed E-state index contributed by atoms with van der Waals surface area (Å²) in [5.74, 6) is 1.08. The van der Waals surface area contributed by atoms with E-state index in [2.05, 4.69) is 34.0 Å². The number of hydrogen-bond acceptors (Lipinski definition) is 3. The maximum Gasteiger partial charge on any atom is 0.193 e. The lowest BCUT2D eigenvalue weighted by Crippen LogP contribution is -2.41. The molecule has 0 aromatic heterocycles. The summed E-state index contributed by atoms with van der Waals surface area (Å²) in [4.78, 5) is 9.32. The van der Waals surface area contributed by atoms with Crippen molar-refractivity contribution < 1.29 is 4.74 Å². The third-order valence-electron chi connectivity index (χ3n) is 4.48. The topological polar surface area (TPSA) is 40.1 Å². The van der Waals surface area contributed by atoms with E-state index < -0.39 is 0 Å². The van der Waals surface area contributed by atoms with Gasteiger partial charge in [-0.25, -0.2) is 0 Å². The zero-order valence-corrected chi connectivity index (χ0v) is 16.8. The Balaban J connectivity index is 0.00000242. The van der Waals surface area contributed by atoms with Gasteiger partial charge in [0.25, 0.3) is 0 Å². The molecule has 0 bridgehead atoms. The van der Waals surface area contributed by atoms with E-state index in [0.29, 0.717) is 5.41 Å². The zero-order chi connectivity index (χ0) is 15.1. The number of hydrogen-bond donors (Lipinski definition) is 1. The normalized spacial score (nSPS) is 22.5. The molecular formula is C16H33IN4O. The summed E-state index contributed by atoms with van der Waals surface area (Å²) in [6.45, 7) is 13.1. The number of likely N-dealkylation sites (tertiary alicyclic amines) is 1. The predicted octanol–water partition coefficient (Wildman–Crippen LogP) is 2.02. The van der Waals surface area contributed by atoms with Crippen LogP contribution >= 0.6 is 24.0 Å². The first-order chi connectivity index (χ1) is 10.1. The van der Waals surface area contributed by atoms with E-state index in [4.69, 9.17) is 4.74 Å². The van der Waals surface area contributed by atoms with Gasteiger partial charge in [-0.05, 0) is 31.2 Å². The van der Waals surface area contributed by atoms with Gasteiger partial charge in [-0.2, -0.15) is 0 Å². The van der Waals surface area contributed by atoms with Crippen molar-refractivity contribution in [3.63, 3.8) is 0 Å². The quantitative estimate of drug-likeness (QED) is 0.317. The van der Waals surface area contributed by atoms with Gasteiger partial charge >= 0.3 is 0 Å². The van der Waals surface area contributed by atoms with E-state index in [0.717, 1.165) is 51.9 Å². The third kappa shape index (κ3) is 6.58. The first-order valence-electron chi connectivity index (χ1n) is 8.36. The van der Waals surface area contributed by atoms with Crippen molar-refractivity contribution >= 4 is 29.9 Å². The van der Waals surface area contributed by atoms with E-state index in [9.17, 15) is 0 Å². The van der Waals surface area contributed by atoms with Gasteiger partial charge in [-0.1, -0.05) is 13.8 Å². The van der Waals surface area contributed by atoms with Gasteiger partial charge < -0.3 is 15.0 Å². The highest BCUT2D eigenvalue weighted by atomic mass is 127. The molecule has 22 heavy (non-hydrogen) atoms. The van der Waals surface area contributed by atoms with Crippen LogP contribution in [0.1, 0.15) is 33.1 Å². The monoisotopic (exact) mass is 424 g/mol. The molecule has 0 amide bonds. The average molecular weight is 424 g/mol. The molecular weight excluding hydrogens is 391 g/mol. The number of nitrogens with one attached hydrogen (secondary N) is 1. The molecule has 5 nitrogen and oxygen atoms in total. The van der Waals surface area contributed by atoms with Crippen LogP contribution in [0.4, 0.5) is 0 Å². The van der Waals surface area contributed by atoms with Crippen LogP contribution in [-0.2, 0) is 4.74 Å². The molecule has 130 valence electrons. The Morgan fingerprint density at radius 3 is 2.50 bits per heavy atom. The Bertz CT molecular complexity index is 343. The summed E-state index contributed by atoms with van der Waals surface area (Å²) in [7, 11) is 1.89. The fourth-order valence-corrected chi connectivity index (χ4v) is 3.11. The van der Waals surface area contributed by atoms with Crippen LogP contribution in [0, 0.1) is 5.41 Å². The van der Waals surface area contributed by atoms with Gasteiger partial charge in [0.2, 0.25) is 0 Å². The summed E-state index contributed by atoms with van der Waals surface area (Å²) < 4.78 is 5.37. The van der Waals surface area contributed by atoms with Crippen molar-refractivity contribution in [1.82, 2.24) is 15.1 Å². The van der Waals surface area contributed by atoms with Gasteiger partial charge in [0, 0.05) is 39.8 Å². The number of unbranched alkanes of at least 4 members (excludes halogenated alkanes) is 1. The Morgan fingerprint density at radius 2 is 1.91 bits per heavy atom. The molecule has 0 aromatic rings. The van der Waals surface area contributed by atoms with E-state index in [1.54, 1.807) is 0 Å². The van der Waals surface area contributed by atoms with E-state index in [1.165, 1.54) is 25.8 Å². The standard InChI is InChI=1S/C16H32N4O.HI/c1-16(2)6-9-20(14-16)15(17-3)18-7-4-5-8-19-10-12-21-13-11-19;/h4-14H2,1-3H3,(H,17,18);1H. The van der Waals surface area contributed by atoms with Crippen LogP contribution in [0.25, 0.3) is 0 Å². The molecule has 2 fully saturated rings. The van der Waals surface area contributed by atoms with Gasteiger partial charge in [0.1, 0.15) is 0 Å². The predicted molar refractivity (Wildman–Crippen MR) is 103 cm³/mol. The second-order valence-corrected chi connectivity index (χ2v) is 6.97. The third-order valence-corrected chi connectivity index (χ3v) is 4.48. The number of ether oxygens (including phenoxy) is 1. The number of aliphatic imine (C=N–C) groups is 1. The number of rotatable bonds is 5. The summed E-state index contributed by atoms with van der Waals surface area (Å²) in [5, 5.41) is 3.52. The van der Waals surface area contributed by atoms with E-state index in [-0.39, 0.29) is 24.0 Å². The first-order valence-corrected chi connectivity index (χ1v) is 8.36. The number of morpholine rings is 1. The van der Waals surface area contributed by atoms with Crippen LogP contribution in [0.3, 0.4) is 0 Å². The Morgan fingerprint density at radius 1 is 1.18 bits per heavy atom. The summed E-state index contributed by atoms with van der Waals surface area (Å²) in [6.07, 6.45) is 3.70. The summed E-state index contributed by atoms with van der Waals surface area (Å²) in [5.41, 5.74) is 0.425. The molecule has 2 rings (SSSR count). The number of guanidine groups is 1. The Kier molecular flexibility index (Phi) is 9.01. The van der Waals surface area contributed by atoms with Crippen LogP contribution in [0.2, 0.25) is 0 Å². The summed E-state index contributed by atoms with van der Waals surface area (Å²) in [6, 6.07) is 0. The molecule has 0 radical (unpaired) electrons. The van der Waals surface area contributed by atoms with Crippen molar-refractivity contribution in [1.29, 1.82) is 0 Å². The lowest BCUT2D eigenvalue weighted by atomic mass is 9.93. The number of nitrogens with zero attached hydrogens (tertiary/aromatic N) is 3. The lowest BCUT2D eigenvalue weighted by Gasteiger charge is -2.26. The molecule has 0 unspecified atom stereocenters. The molecule has 0 aliphatic carbocycles. The van der Waals surface area contributed by atoms with Crippen LogP contribution in [0.5, 0.6) is 0 Å². The second-order valence-electron chi connectivity index (χ2n) is 6.97. The highest BCUT2D eigenvalue weighted by Gasteiger charge is 2.30. The minimum atomic E-state index is 0. The highest BCUT2D eigenvalue weighted by Crippen LogP contribution is 2.28. The number of halogens is 1. The van der Waals surface area contributed by atoms with Gasteiger partial charge in [0.15, 0.2) is 5.96 Å². The molecule has 0 aromatic carbocycles. The van der Waals surface area contributed by atoms with Gasteiger partial charge in [0.05, 0.1) is 13.2 Å². The fourth-order valence-electron chi connectivity index (χ4n) is 3.11. The molecule has 2 heterocycles. The molecule has 6 heteroatoms. The average Bonchev–Trinajstić information content (AvgIpc) is 2.84. The summed E-state index contributed by atoms with van der Waals surface area (Å²) >= 11 is 0. The lowest BCUT2D eigenvalue weighted by molar-refractivity contribution is 0.0372. The van der Waals surface area contributed by atoms with E-state index in [1.807, 2.05) is 7.05 Å². The largest absolute Gasteiger partial charge is 0.379 e. The van der Waals surface area contributed by atoms with Crippen molar-refractivity contribution in [2.24, 2.45) is 10.4 Å². The molecule has 0 saturated carbocycles. The van der Waals surface area contributed by atoms with Crippen LogP contribution in [-0.4, -0.2) is 75.3 Å². The maximum atomic E-state index is 5.37. The first kappa shape index (κ1) is 20.0. The minimum Gasteiger partial charge on any atom is -0.379 e. The highest BCUT2D eigenvalue weighted by molar-refractivity contribution is 14.0. The molecule has 2 aliphatic heterocycles. The van der Waals surface area contributed by atoms with Crippen molar-refractivity contribution in [3.8, 4) is 0 Å². The van der Waals surface area contributed by atoms with Crippen LogP contribution in [0.15, 0.2) is 4.99 Å².